The summed E-state index contributed by atoms with van der Waals surface area (Å²) in [5, 5.41) is 3.28. The van der Waals surface area contributed by atoms with E-state index in [0.29, 0.717) is 18.4 Å². The zero-order valence-corrected chi connectivity index (χ0v) is 7.89. The summed E-state index contributed by atoms with van der Waals surface area (Å²) in [6.07, 6.45) is 6.26. The van der Waals surface area contributed by atoms with Gasteiger partial charge in [0.15, 0.2) is 0 Å². The Bertz CT molecular complexity index is 146. The van der Waals surface area contributed by atoms with Crippen LogP contribution in [0.25, 0.3) is 0 Å². The van der Waals surface area contributed by atoms with Gasteiger partial charge in [0, 0.05) is 6.04 Å². The van der Waals surface area contributed by atoms with Gasteiger partial charge in [-0.15, -0.1) is 0 Å². The minimum absolute atomic E-state index is 0.545. The van der Waals surface area contributed by atoms with E-state index in [1.807, 2.05) is 6.20 Å². The molecule has 1 aliphatic heterocycles. The van der Waals surface area contributed by atoms with Crippen LogP contribution in [0.4, 0.5) is 4.39 Å². The zero-order valence-electron chi connectivity index (χ0n) is 7.89. The fourth-order valence-electron chi connectivity index (χ4n) is 1.56. The number of alkyl halides is 1. The van der Waals surface area contributed by atoms with Gasteiger partial charge in [-0.3, -0.25) is 0 Å². The molecule has 0 radical (unpaired) electrons. The van der Waals surface area contributed by atoms with Crippen molar-refractivity contribution >= 4 is 0 Å². The van der Waals surface area contributed by atoms with Crippen LogP contribution in [0.2, 0.25) is 0 Å². The lowest BCUT2D eigenvalue weighted by molar-refractivity contribution is 0.295. The first-order valence-electron chi connectivity index (χ1n) is 4.75. The van der Waals surface area contributed by atoms with Crippen LogP contribution in [0.5, 0.6) is 0 Å². The minimum atomic E-state index is -0.651. The van der Waals surface area contributed by atoms with E-state index in [4.69, 9.17) is 0 Å². The highest BCUT2D eigenvalue weighted by Crippen LogP contribution is 2.18. The Labute approximate surface area is 74.0 Å². The summed E-state index contributed by atoms with van der Waals surface area (Å²) >= 11 is 0. The molecule has 0 aromatic rings. The molecule has 1 nitrogen and oxygen atoms in total. The molecule has 0 saturated heterocycles. The largest absolute Gasteiger partial charge is 0.388 e. The fraction of sp³-hybridized carbons (Fsp3) is 0.800. The van der Waals surface area contributed by atoms with E-state index in [0.717, 1.165) is 12.8 Å². The number of halogens is 1. The molecule has 0 aromatic heterocycles. The normalized spacial score (nSPS) is 26.8. The van der Waals surface area contributed by atoms with Crippen LogP contribution in [-0.2, 0) is 0 Å². The quantitative estimate of drug-likeness (QED) is 0.685. The van der Waals surface area contributed by atoms with Crippen molar-refractivity contribution in [1.29, 1.82) is 0 Å². The fourth-order valence-corrected chi connectivity index (χ4v) is 1.56. The summed E-state index contributed by atoms with van der Waals surface area (Å²) in [6.45, 7) is 3.82. The first-order chi connectivity index (χ1) is 5.70. The summed E-state index contributed by atoms with van der Waals surface area (Å²) in [4.78, 5) is 0. The maximum absolute atomic E-state index is 12.5. The Morgan fingerprint density at radius 1 is 1.50 bits per heavy atom. The van der Waals surface area contributed by atoms with E-state index in [2.05, 4.69) is 18.3 Å². The Hall–Kier alpha value is -0.530. The molecule has 12 heavy (non-hydrogen) atoms. The van der Waals surface area contributed by atoms with Crippen molar-refractivity contribution in [3.63, 3.8) is 0 Å². The molecule has 1 rings (SSSR count). The molecular weight excluding hydrogens is 153 g/mol. The molecule has 70 valence electrons. The lowest BCUT2D eigenvalue weighted by atomic mass is 9.94. The van der Waals surface area contributed by atoms with Gasteiger partial charge in [-0.25, -0.2) is 4.39 Å². The first kappa shape index (κ1) is 9.56. The van der Waals surface area contributed by atoms with Gasteiger partial charge in [-0.2, -0.15) is 0 Å². The van der Waals surface area contributed by atoms with Crippen molar-refractivity contribution in [3.05, 3.63) is 12.3 Å². The molecule has 1 N–H and O–H groups in total. The summed E-state index contributed by atoms with van der Waals surface area (Å²) in [6, 6.07) is 0.545. The van der Waals surface area contributed by atoms with Gasteiger partial charge in [0.1, 0.15) is 0 Å². The van der Waals surface area contributed by atoms with E-state index < -0.39 is 6.17 Å². The van der Waals surface area contributed by atoms with Crippen LogP contribution >= 0.6 is 0 Å². The van der Waals surface area contributed by atoms with Crippen LogP contribution in [0.3, 0.4) is 0 Å². The SMILES string of the molecule is CC(F)CCC(C)C1CC=CN1. The van der Waals surface area contributed by atoms with Crippen molar-refractivity contribution in [2.45, 2.75) is 45.3 Å². The van der Waals surface area contributed by atoms with E-state index in [1.54, 1.807) is 6.92 Å². The molecule has 0 fully saturated rings. The van der Waals surface area contributed by atoms with Crippen molar-refractivity contribution in [1.82, 2.24) is 5.32 Å². The second kappa shape index (κ2) is 4.48. The van der Waals surface area contributed by atoms with E-state index in [1.165, 1.54) is 0 Å². The number of hydrogen-bond acceptors (Lipinski definition) is 1. The van der Waals surface area contributed by atoms with Gasteiger partial charge < -0.3 is 5.32 Å². The zero-order chi connectivity index (χ0) is 8.97. The predicted octanol–water partition coefficient (Wildman–Crippen LogP) is 2.64. The molecule has 0 amide bonds. The van der Waals surface area contributed by atoms with Crippen molar-refractivity contribution in [2.75, 3.05) is 0 Å². The molecule has 3 unspecified atom stereocenters. The van der Waals surface area contributed by atoms with Crippen molar-refractivity contribution in [3.8, 4) is 0 Å². The lowest BCUT2D eigenvalue weighted by Crippen LogP contribution is -2.27. The molecular formula is C10H18FN. The Morgan fingerprint density at radius 3 is 2.75 bits per heavy atom. The second-order valence-corrected chi connectivity index (χ2v) is 3.75. The number of nitrogens with one attached hydrogen (secondary N) is 1. The van der Waals surface area contributed by atoms with Crippen LogP contribution in [0, 0.1) is 5.92 Å². The van der Waals surface area contributed by atoms with Crippen LogP contribution in [-0.4, -0.2) is 12.2 Å². The summed E-state index contributed by atoms with van der Waals surface area (Å²) < 4.78 is 12.5. The molecule has 0 aromatic carbocycles. The summed E-state index contributed by atoms with van der Waals surface area (Å²) in [7, 11) is 0. The van der Waals surface area contributed by atoms with E-state index >= 15 is 0 Å². The smallest absolute Gasteiger partial charge is 0.0973 e. The van der Waals surface area contributed by atoms with Gasteiger partial charge in [0.05, 0.1) is 6.17 Å². The summed E-state index contributed by atoms with van der Waals surface area (Å²) in [5.74, 6) is 0.582. The Kier molecular flexibility index (Phi) is 3.57. The number of rotatable bonds is 4. The van der Waals surface area contributed by atoms with Crippen LogP contribution < -0.4 is 5.32 Å². The molecule has 0 bridgehead atoms. The maximum Gasteiger partial charge on any atom is 0.0973 e. The highest BCUT2D eigenvalue weighted by molar-refractivity contribution is 4.96. The van der Waals surface area contributed by atoms with Gasteiger partial charge >= 0.3 is 0 Å². The molecule has 2 heteroatoms. The molecule has 1 heterocycles. The maximum atomic E-state index is 12.5. The summed E-state index contributed by atoms with van der Waals surface area (Å²) in [5.41, 5.74) is 0. The standard InChI is InChI=1S/C10H18FN/c1-8(5-6-9(2)11)10-4-3-7-12-10/h3,7-10,12H,4-6H2,1-2H3. The third-order valence-electron chi connectivity index (χ3n) is 2.52. The molecule has 0 aliphatic carbocycles. The average Bonchev–Trinajstić information content (AvgIpc) is 2.51. The van der Waals surface area contributed by atoms with Gasteiger partial charge in [0.2, 0.25) is 0 Å². The topological polar surface area (TPSA) is 12.0 Å². The number of hydrogen-bond donors (Lipinski definition) is 1. The first-order valence-corrected chi connectivity index (χ1v) is 4.75. The van der Waals surface area contributed by atoms with E-state index in [-0.39, 0.29) is 0 Å². The average molecular weight is 171 g/mol. The van der Waals surface area contributed by atoms with Crippen LogP contribution in [0.1, 0.15) is 33.1 Å². The third kappa shape index (κ3) is 2.84. The second-order valence-electron chi connectivity index (χ2n) is 3.75. The van der Waals surface area contributed by atoms with E-state index in [9.17, 15) is 4.39 Å². The highest BCUT2D eigenvalue weighted by atomic mass is 19.1. The molecule has 0 spiro atoms. The van der Waals surface area contributed by atoms with Gasteiger partial charge in [0.25, 0.3) is 0 Å². The van der Waals surface area contributed by atoms with Crippen molar-refractivity contribution < 1.29 is 4.39 Å². The van der Waals surface area contributed by atoms with Gasteiger partial charge in [-0.1, -0.05) is 13.0 Å². The predicted molar refractivity (Wildman–Crippen MR) is 49.6 cm³/mol. The molecule has 1 aliphatic rings. The van der Waals surface area contributed by atoms with Crippen LogP contribution in [0.15, 0.2) is 12.3 Å². The highest BCUT2D eigenvalue weighted by Gasteiger charge is 2.17. The minimum Gasteiger partial charge on any atom is -0.388 e. The third-order valence-corrected chi connectivity index (χ3v) is 2.52. The van der Waals surface area contributed by atoms with Gasteiger partial charge in [-0.05, 0) is 38.3 Å². The Morgan fingerprint density at radius 2 is 2.25 bits per heavy atom. The molecule has 3 atom stereocenters. The lowest BCUT2D eigenvalue weighted by Gasteiger charge is -2.19. The monoisotopic (exact) mass is 171 g/mol. The molecule has 0 saturated carbocycles. The van der Waals surface area contributed by atoms with Crippen molar-refractivity contribution in [2.24, 2.45) is 5.92 Å². The Balaban J connectivity index is 2.15.